The van der Waals surface area contributed by atoms with Crippen molar-refractivity contribution < 1.29 is 13.9 Å². The summed E-state index contributed by atoms with van der Waals surface area (Å²) < 4.78 is 19.2. The maximum atomic E-state index is 14.2. The predicted octanol–water partition coefficient (Wildman–Crippen LogP) is 1.95. The lowest BCUT2D eigenvalue weighted by atomic mass is 9.90. The highest BCUT2D eigenvalue weighted by Gasteiger charge is 2.35. The van der Waals surface area contributed by atoms with Crippen molar-refractivity contribution in [2.75, 3.05) is 33.3 Å². The Balaban J connectivity index is 1.53. The molecule has 0 aromatic heterocycles. The Morgan fingerprint density at radius 1 is 1.43 bits per heavy atom. The van der Waals surface area contributed by atoms with Gasteiger partial charge in [0.15, 0.2) is 17.8 Å². The van der Waals surface area contributed by atoms with E-state index in [4.69, 9.17) is 10.00 Å². The van der Waals surface area contributed by atoms with Crippen LogP contribution in [0.5, 0.6) is 5.75 Å². The number of amides is 1. The molecule has 6 heteroatoms. The summed E-state index contributed by atoms with van der Waals surface area (Å²) in [5, 5.41) is 8.85. The highest BCUT2D eigenvalue weighted by atomic mass is 19.1. The molecule has 2 aliphatic heterocycles. The first-order valence-corrected chi connectivity index (χ1v) is 7.87. The molecule has 2 heterocycles. The lowest BCUT2D eigenvalue weighted by Crippen LogP contribution is -2.49. The highest BCUT2D eigenvalue weighted by Crippen LogP contribution is 2.33. The predicted molar refractivity (Wildman–Crippen MR) is 82.2 cm³/mol. The van der Waals surface area contributed by atoms with Crippen molar-refractivity contribution in [1.82, 2.24) is 9.80 Å². The number of hydrogen-bond donors (Lipinski definition) is 0. The summed E-state index contributed by atoms with van der Waals surface area (Å²) in [6.07, 6.45) is 3.49. The van der Waals surface area contributed by atoms with E-state index in [0.29, 0.717) is 31.6 Å². The van der Waals surface area contributed by atoms with Gasteiger partial charge in [-0.15, -0.1) is 0 Å². The van der Waals surface area contributed by atoms with Crippen LogP contribution in [-0.2, 0) is 4.79 Å². The monoisotopic (exact) mass is 317 g/mol. The molecule has 2 fully saturated rings. The molecule has 2 saturated heterocycles. The summed E-state index contributed by atoms with van der Waals surface area (Å²) in [7, 11) is 1.45. The molecule has 0 radical (unpaired) electrons. The van der Waals surface area contributed by atoms with Crippen LogP contribution in [0.25, 0.3) is 0 Å². The second-order valence-corrected chi connectivity index (χ2v) is 6.26. The minimum atomic E-state index is -0.326. The maximum Gasteiger partial charge on any atom is 0.222 e. The number of rotatable bonds is 4. The zero-order valence-electron chi connectivity index (χ0n) is 13.2. The van der Waals surface area contributed by atoms with Crippen LogP contribution >= 0.6 is 0 Å². The van der Waals surface area contributed by atoms with E-state index >= 15 is 0 Å². The third kappa shape index (κ3) is 3.09. The summed E-state index contributed by atoms with van der Waals surface area (Å²) in [6, 6.07) is 5.13. The Kier molecular flexibility index (Phi) is 4.37. The lowest BCUT2D eigenvalue weighted by molar-refractivity contribution is -0.136. The molecule has 0 N–H and O–H groups in total. The van der Waals surface area contributed by atoms with Crippen LogP contribution < -0.4 is 4.74 Å². The number of carbonyl (C=O) groups excluding carboxylic acids is 1. The summed E-state index contributed by atoms with van der Waals surface area (Å²) >= 11 is 0. The maximum absolute atomic E-state index is 14.2. The van der Waals surface area contributed by atoms with Gasteiger partial charge in [-0.1, -0.05) is 12.1 Å². The summed E-state index contributed by atoms with van der Waals surface area (Å²) in [6.45, 7) is 2.52. The zero-order chi connectivity index (χ0) is 16.4. The molecular weight excluding hydrogens is 297 g/mol. The number of ether oxygens (including phenoxy) is 1. The first kappa shape index (κ1) is 15.6. The molecule has 5 nitrogen and oxygen atoms in total. The van der Waals surface area contributed by atoms with E-state index in [2.05, 4.69) is 6.19 Å². The highest BCUT2D eigenvalue weighted by molar-refractivity contribution is 5.77. The van der Waals surface area contributed by atoms with Crippen LogP contribution in [0.1, 0.15) is 24.3 Å². The lowest BCUT2D eigenvalue weighted by Gasteiger charge is -2.40. The van der Waals surface area contributed by atoms with Gasteiger partial charge in [-0.05, 0) is 24.0 Å². The van der Waals surface area contributed by atoms with Gasteiger partial charge in [-0.25, -0.2) is 4.39 Å². The molecule has 122 valence electrons. The van der Waals surface area contributed by atoms with Gasteiger partial charge in [0.2, 0.25) is 5.91 Å². The quantitative estimate of drug-likeness (QED) is 0.797. The van der Waals surface area contributed by atoms with Gasteiger partial charge in [0, 0.05) is 38.5 Å². The third-order valence-corrected chi connectivity index (χ3v) is 4.78. The van der Waals surface area contributed by atoms with Crippen LogP contribution in [0.15, 0.2) is 18.2 Å². The molecule has 2 aliphatic rings. The minimum absolute atomic E-state index is 0.0354. The van der Waals surface area contributed by atoms with Crippen LogP contribution in [0.2, 0.25) is 0 Å². The fourth-order valence-electron chi connectivity index (χ4n) is 3.35. The van der Waals surface area contributed by atoms with Crippen molar-refractivity contribution in [3.8, 4) is 11.9 Å². The van der Waals surface area contributed by atoms with Gasteiger partial charge in [-0.2, -0.15) is 5.26 Å². The molecule has 0 unspecified atom stereocenters. The van der Waals surface area contributed by atoms with Crippen LogP contribution in [0.3, 0.4) is 0 Å². The fraction of sp³-hybridized carbons (Fsp3) is 0.529. The van der Waals surface area contributed by atoms with Crippen LogP contribution in [0.4, 0.5) is 4.39 Å². The molecule has 1 aromatic carbocycles. The smallest absolute Gasteiger partial charge is 0.222 e. The summed E-state index contributed by atoms with van der Waals surface area (Å²) in [5.74, 6) is 0.319. The molecule has 3 rings (SSSR count). The van der Waals surface area contributed by atoms with E-state index in [9.17, 15) is 9.18 Å². The fourth-order valence-corrected chi connectivity index (χ4v) is 3.35. The van der Waals surface area contributed by atoms with Gasteiger partial charge < -0.3 is 14.5 Å². The number of halogens is 1. The Morgan fingerprint density at radius 3 is 2.87 bits per heavy atom. The van der Waals surface area contributed by atoms with E-state index in [1.54, 1.807) is 28.0 Å². The molecule has 0 saturated carbocycles. The van der Waals surface area contributed by atoms with Gasteiger partial charge in [0.25, 0.3) is 0 Å². The summed E-state index contributed by atoms with van der Waals surface area (Å²) in [5.41, 5.74) is 0.616. The van der Waals surface area contributed by atoms with E-state index in [-0.39, 0.29) is 29.3 Å². The number of carbonyl (C=O) groups is 1. The van der Waals surface area contributed by atoms with Crippen molar-refractivity contribution in [2.45, 2.75) is 18.8 Å². The van der Waals surface area contributed by atoms with E-state index in [1.165, 1.54) is 7.11 Å². The minimum Gasteiger partial charge on any atom is -0.494 e. The van der Waals surface area contributed by atoms with Gasteiger partial charge in [0.1, 0.15) is 0 Å². The normalized spacial score (nSPS) is 21.0. The van der Waals surface area contributed by atoms with Gasteiger partial charge in [-0.3, -0.25) is 4.79 Å². The van der Waals surface area contributed by atoms with Gasteiger partial charge >= 0.3 is 0 Å². The van der Waals surface area contributed by atoms with Gasteiger partial charge in [0.05, 0.1) is 7.11 Å². The first-order valence-electron chi connectivity index (χ1n) is 7.87. The molecule has 1 amide bonds. The number of likely N-dealkylation sites (tertiary alicyclic amines) is 2. The Bertz CT molecular complexity index is 637. The average molecular weight is 317 g/mol. The van der Waals surface area contributed by atoms with E-state index < -0.39 is 0 Å². The largest absolute Gasteiger partial charge is 0.494 e. The molecular formula is C17H20FN3O2. The number of nitriles is 1. The van der Waals surface area contributed by atoms with E-state index in [0.717, 1.165) is 13.0 Å². The number of benzene rings is 1. The first-order chi connectivity index (χ1) is 11.1. The van der Waals surface area contributed by atoms with E-state index in [1.807, 2.05) is 0 Å². The SMILES string of the molecule is COc1cccc(C2CN(C(=O)C[C@@H]3CCN(C#N)C3)C2)c1F. The van der Waals surface area contributed by atoms with Crippen LogP contribution in [0, 0.1) is 23.2 Å². The molecule has 0 bridgehead atoms. The second kappa shape index (κ2) is 6.45. The standard InChI is InChI=1S/C17H20FN3O2/c1-23-15-4-2-3-14(17(15)18)13-9-21(10-13)16(22)7-12-5-6-20(8-12)11-19/h2-4,12-13H,5-10H2,1H3/t12-/m0/s1. The molecule has 1 aromatic rings. The Morgan fingerprint density at radius 2 is 2.22 bits per heavy atom. The molecule has 0 aliphatic carbocycles. The molecule has 23 heavy (non-hydrogen) atoms. The van der Waals surface area contributed by atoms with Crippen molar-refractivity contribution in [2.24, 2.45) is 5.92 Å². The Hall–Kier alpha value is -2.29. The number of methoxy groups -OCH3 is 1. The number of nitrogens with zero attached hydrogens (tertiary/aromatic N) is 3. The summed E-state index contributed by atoms with van der Waals surface area (Å²) in [4.78, 5) is 15.7. The van der Waals surface area contributed by atoms with Crippen molar-refractivity contribution in [3.63, 3.8) is 0 Å². The second-order valence-electron chi connectivity index (χ2n) is 6.26. The average Bonchev–Trinajstić information content (AvgIpc) is 2.95. The third-order valence-electron chi connectivity index (χ3n) is 4.78. The van der Waals surface area contributed by atoms with Crippen molar-refractivity contribution in [1.29, 1.82) is 5.26 Å². The zero-order valence-corrected chi connectivity index (χ0v) is 13.2. The molecule has 1 atom stereocenters. The van der Waals surface area contributed by atoms with Crippen molar-refractivity contribution >= 4 is 5.91 Å². The topological polar surface area (TPSA) is 56.6 Å². The Labute approximate surface area is 135 Å². The van der Waals surface area contributed by atoms with Crippen LogP contribution in [-0.4, -0.2) is 49.0 Å². The number of hydrogen-bond acceptors (Lipinski definition) is 4. The van der Waals surface area contributed by atoms with Crippen molar-refractivity contribution in [3.05, 3.63) is 29.6 Å². The molecule has 0 spiro atoms.